The number of carbonyl (C=O) groups is 1. The topological polar surface area (TPSA) is 83.7 Å². The number of benzene rings is 2. The molecule has 0 aromatic heterocycles. The van der Waals surface area contributed by atoms with Gasteiger partial charge in [-0.2, -0.15) is 13.2 Å². The lowest BCUT2D eigenvalue weighted by molar-refractivity contribution is -0.137. The summed E-state index contributed by atoms with van der Waals surface area (Å²) in [5.74, 6) is -0.441. The maximum Gasteiger partial charge on any atom is 0.416 e. The number of likely N-dealkylation sites (tertiary alicyclic amines) is 1. The van der Waals surface area contributed by atoms with Crippen molar-refractivity contribution in [1.29, 1.82) is 0 Å². The van der Waals surface area contributed by atoms with Gasteiger partial charge in [-0.15, -0.1) is 0 Å². The molecule has 0 radical (unpaired) electrons. The van der Waals surface area contributed by atoms with Crippen molar-refractivity contribution in [1.82, 2.24) is 9.21 Å². The van der Waals surface area contributed by atoms with Crippen molar-refractivity contribution in [2.75, 3.05) is 13.1 Å². The van der Waals surface area contributed by atoms with E-state index in [1.807, 2.05) is 13.8 Å². The van der Waals surface area contributed by atoms with Gasteiger partial charge >= 0.3 is 6.18 Å². The van der Waals surface area contributed by atoms with Crippen LogP contribution in [0.3, 0.4) is 0 Å². The van der Waals surface area contributed by atoms with Crippen LogP contribution in [-0.4, -0.2) is 48.7 Å². The molecular formula is C27H34F3N3O3S. The summed E-state index contributed by atoms with van der Waals surface area (Å²) in [6.07, 6.45) is -2.77. The number of fused-ring (bicyclic) bond motifs is 1. The maximum atomic E-state index is 13.8. The zero-order valence-electron chi connectivity index (χ0n) is 21.1. The van der Waals surface area contributed by atoms with Crippen LogP contribution in [0.4, 0.5) is 13.2 Å². The molecule has 202 valence electrons. The Bertz CT molecular complexity index is 1200. The first-order valence-corrected chi connectivity index (χ1v) is 14.1. The van der Waals surface area contributed by atoms with Gasteiger partial charge in [-0.1, -0.05) is 50.2 Å². The molecule has 1 heterocycles. The number of nitrogens with two attached hydrogens (primary N) is 1. The fourth-order valence-electron chi connectivity index (χ4n) is 5.79. The summed E-state index contributed by atoms with van der Waals surface area (Å²) >= 11 is 0. The number of rotatable bonds is 8. The standard InChI is InChI=1S/C27H34F3N3O3S/c1-18(2)13-24(31)26(34)33(37(35,36)22-9-4-3-5-10-22)25-12-11-20-16-32(17-23(20)25)15-19-7-6-8-21(14-19)27(28,29)30/h3-10,14,18,20,23-25H,11-13,15-17,31H2,1-2H3/t20-,23?,24-,25?/m0/s1. The molecule has 2 aromatic carbocycles. The van der Waals surface area contributed by atoms with Crippen molar-refractivity contribution < 1.29 is 26.4 Å². The minimum Gasteiger partial charge on any atom is -0.320 e. The van der Waals surface area contributed by atoms with Crippen molar-refractivity contribution in [2.24, 2.45) is 23.5 Å². The number of halogens is 3. The Labute approximate surface area is 216 Å². The molecule has 1 amide bonds. The highest BCUT2D eigenvalue weighted by Gasteiger charge is 2.50. The van der Waals surface area contributed by atoms with Crippen LogP contribution in [0.2, 0.25) is 0 Å². The fourth-order valence-corrected chi connectivity index (χ4v) is 7.51. The van der Waals surface area contributed by atoms with Crippen molar-refractivity contribution in [3.63, 3.8) is 0 Å². The van der Waals surface area contributed by atoms with Crippen LogP contribution in [0.15, 0.2) is 59.5 Å². The fraction of sp³-hybridized carbons (Fsp3) is 0.519. The SMILES string of the molecule is CC(C)C[C@H](N)C(=O)N(C1CC[C@H]2CN(Cc3cccc(C(F)(F)F)c3)CC12)S(=O)(=O)c1ccccc1. The average molecular weight is 538 g/mol. The molecule has 4 rings (SSSR count). The van der Waals surface area contributed by atoms with Crippen LogP contribution < -0.4 is 5.73 Å². The van der Waals surface area contributed by atoms with E-state index in [1.54, 1.807) is 24.3 Å². The van der Waals surface area contributed by atoms with E-state index in [1.165, 1.54) is 18.2 Å². The highest BCUT2D eigenvalue weighted by molar-refractivity contribution is 7.89. The van der Waals surface area contributed by atoms with Crippen molar-refractivity contribution >= 4 is 15.9 Å². The third-order valence-corrected chi connectivity index (χ3v) is 9.25. The number of hydrogen-bond donors (Lipinski definition) is 1. The molecule has 37 heavy (non-hydrogen) atoms. The zero-order valence-corrected chi connectivity index (χ0v) is 21.9. The largest absolute Gasteiger partial charge is 0.416 e. The van der Waals surface area contributed by atoms with Crippen LogP contribution >= 0.6 is 0 Å². The molecule has 2 aliphatic rings. The normalized spacial score (nSPS) is 23.3. The van der Waals surface area contributed by atoms with Crippen LogP contribution in [0.5, 0.6) is 0 Å². The Morgan fingerprint density at radius 2 is 1.78 bits per heavy atom. The van der Waals surface area contributed by atoms with Gasteiger partial charge in [0.15, 0.2) is 0 Å². The van der Waals surface area contributed by atoms with E-state index >= 15 is 0 Å². The Hall–Kier alpha value is -2.43. The van der Waals surface area contributed by atoms with Gasteiger partial charge in [-0.05, 0) is 60.8 Å². The molecule has 1 aliphatic carbocycles. The van der Waals surface area contributed by atoms with E-state index < -0.39 is 39.8 Å². The smallest absolute Gasteiger partial charge is 0.320 e. The summed E-state index contributed by atoms with van der Waals surface area (Å²) in [7, 11) is -4.14. The number of sulfonamides is 1. The molecule has 4 atom stereocenters. The van der Waals surface area contributed by atoms with E-state index in [0.717, 1.165) is 22.9 Å². The lowest BCUT2D eigenvalue weighted by atomic mass is 9.97. The Morgan fingerprint density at radius 3 is 2.43 bits per heavy atom. The Morgan fingerprint density at radius 1 is 1.08 bits per heavy atom. The summed E-state index contributed by atoms with van der Waals surface area (Å²) in [6, 6.07) is 11.7. The van der Waals surface area contributed by atoms with Crippen molar-refractivity contribution in [3.8, 4) is 0 Å². The molecule has 2 N–H and O–H groups in total. The molecule has 10 heteroatoms. The van der Waals surface area contributed by atoms with Crippen LogP contribution in [0, 0.1) is 17.8 Å². The van der Waals surface area contributed by atoms with Crippen LogP contribution in [-0.2, 0) is 27.5 Å². The lowest BCUT2D eigenvalue weighted by Crippen LogP contribution is -2.53. The molecule has 6 nitrogen and oxygen atoms in total. The van der Waals surface area contributed by atoms with E-state index in [0.29, 0.717) is 38.0 Å². The van der Waals surface area contributed by atoms with Gasteiger partial charge in [0.25, 0.3) is 15.9 Å². The highest BCUT2D eigenvalue weighted by Crippen LogP contribution is 2.43. The van der Waals surface area contributed by atoms with Gasteiger partial charge in [-0.25, -0.2) is 12.7 Å². The average Bonchev–Trinajstić information content (AvgIpc) is 3.40. The van der Waals surface area contributed by atoms with Gasteiger partial charge in [0.2, 0.25) is 0 Å². The molecule has 1 saturated carbocycles. The minimum atomic E-state index is -4.41. The van der Waals surface area contributed by atoms with Crippen LogP contribution in [0.1, 0.15) is 44.2 Å². The summed E-state index contributed by atoms with van der Waals surface area (Å²) in [6.45, 7) is 5.33. The molecule has 0 bridgehead atoms. The second kappa shape index (κ2) is 10.7. The van der Waals surface area contributed by atoms with E-state index in [-0.39, 0.29) is 22.6 Å². The number of nitrogens with zero attached hydrogens (tertiary/aromatic N) is 2. The summed E-state index contributed by atoms with van der Waals surface area (Å²) < 4.78 is 68.1. The van der Waals surface area contributed by atoms with Crippen molar-refractivity contribution in [3.05, 3.63) is 65.7 Å². The van der Waals surface area contributed by atoms with E-state index in [9.17, 15) is 26.4 Å². The van der Waals surface area contributed by atoms with Gasteiger partial charge in [0, 0.05) is 19.6 Å². The summed E-state index contributed by atoms with van der Waals surface area (Å²) in [5.41, 5.74) is 6.08. The first kappa shape index (κ1) is 27.6. The number of hydrogen-bond acceptors (Lipinski definition) is 5. The minimum absolute atomic E-state index is 0.0439. The van der Waals surface area contributed by atoms with Gasteiger partial charge in [-0.3, -0.25) is 9.69 Å². The summed E-state index contributed by atoms with van der Waals surface area (Å²) in [4.78, 5) is 15.7. The third-order valence-electron chi connectivity index (χ3n) is 7.42. The molecular weight excluding hydrogens is 503 g/mol. The van der Waals surface area contributed by atoms with Crippen molar-refractivity contribution in [2.45, 2.75) is 62.8 Å². The predicted octanol–water partition coefficient (Wildman–Crippen LogP) is 4.51. The first-order valence-electron chi connectivity index (χ1n) is 12.7. The molecule has 2 fully saturated rings. The van der Waals surface area contributed by atoms with Gasteiger partial charge in [0.05, 0.1) is 22.5 Å². The first-order chi connectivity index (χ1) is 17.4. The summed E-state index contributed by atoms with van der Waals surface area (Å²) in [5, 5.41) is 0. The monoisotopic (exact) mass is 537 g/mol. The predicted molar refractivity (Wildman–Crippen MR) is 135 cm³/mol. The quantitative estimate of drug-likeness (QED) is 0.536. The molecule has 0 spiro atoms. The maximum absolute atomic E-state index is 13.8. The van der Waals surface area contributed by atoms with E-state index in [2.05, 4.69) is 4.90 Å². The number of carbonyl (C=O) groups excluding carboxylic acids is 1. The van der Waals surface area contributed by atoms with Gasteiger partial charge < -0.3 is 5.73 Å². The van der Waals surface area contributed by atoms with Crippen LogP contribution in [0.25, 0.3) is 0 Å². The number of alkyl halides is 3. The second-order valence-electron chi connectivity index (χ2n) is 10.6. The Balaban J connectivity index is 1.59. The molecule has 1 aliphatic heterocycles. The highest BCUT2D eigenvalue weighted by atomic mass is 32.2. The third kappa shape index (κ3) is 6.02. The van der Waals surface area contributed by atoms with E-state index in [4.69, 9.17) is 5.73 Å². The molecule has 2 aromatic rings. The molecule has 2 unspecified atom stereocenters. The second-order valence-corrected chi connectivity index (χ2v) is 12.5. The molecule has 1 saturated heterocycles. The zero-order chi connectivity index (χ0) is 27.0. The Kier molecular flexibility index (Phi) is 8.02. The van der Waals surface area contributed by atoms with Gasteiger partial charge in [0.1, 0.15) is 0 Å². The lowest BCUT2D eigenvalue weighted by Gasteiger charge is -2.34. The number of amides is 1.